The lowest BCUT2D eigenvalue weighted by molar-refractivity contribution is -0.137. The van der Waals surface area contributed by atoms with Gasteiger partial charge in [-0.3, -0.25) is 19.4 Å². The molecular weight excluding hydrogens is 617 g/mol. The summed E-state index contributed by atoms with van der Waals surface area (Å²) in [5.41, 5.74) is 12.4. The third-order valence-electron chi connectivity index (χ3n) is 6.86. The first-order valence-electron chi connectivity index (χ1n) is 14.8. The van der Waals surface area contributed by atoms with E-state index in [0.717, 1.165) is 5.56 Å². The Morgan fingerprint density at radius 1 is 1.02 bits per heavy atom. The Labute approximate surface area is 273 Å². The molecule has 3 aromatic rings. The molecular formula is C31H41Cl2N9O3. The van der Waals surface area contributed by atoms with E-state index in [1.807, 2.05) is 51.1 Å². The van der Waals surface area contributed by atoms with Crippen molar-refractivity contribution >= 4 is 46.9 Å². The van der Waals surface area contributed by atoms with Crippen molar-refractivity contribution in [1.29, 1.82) is 0 Å². The smallest absolute Gasteiger partial charge is 0.291 e. The minimum absolute atomic E-state index is 0.0768. The van der Waals surface area contributed by atoms with E-state index in [4.69, 9.17) is 34.7 Å². The molecule has 3 amide bonds. The zero-order valence-corrected chi connectivity index (χ0v) is 27.5. The number of carbonyl (C=O) groups excluding carboxylic acids is 3. The van der Waals surface area contributed by atoms with Gasteiger partial charge in [0.2, 0.25) is 17.6 Å². The van der Waals surface area contributed by atoms with Crippen LogP contribution in [0, 0.1) is 12.8 Å². The Balaban J connectivity index is 1.82. The number of nitrogens with two attached hydrogens (primary N) is 2. The fourth-order valence-electron chi connectivity index (χ4n) is 4.72. The zero-order valence-electron chi connectivity index (χ0n) is 26.0. The minimum Gasteiger partial charge on any atom is -0.370 e. The van der Waals surface area contributed by atoms with E-state index in [1.165, 1.54) is 4.68 Å². The van der Waals surface area contributed by atoms with E-state index in [2.05, 4.69) is 25.7 Å². The van der Waals surface area contributed by atoms with Crippen LogP contribution in [0.2, 0.25) is 10.0 Å². The summed E-state index contributed by atoms with van der Waals surface area (Å²) in [6, 6.07) is 12.7. The van der Waals surface area contributed by atoms with Crippen molar-refractivity contribution in [3.05, 3.63) is 75.8 Å². The topological polar surface area (TPSA) is 174 Å². The number of rotatable bonds is 15. The molecule has 0 spiro atoms. The molecule has 0 fully saturated rings. The highest BCUT2D eigenvalue weighted by molar-refractivity contribution is 6.34. The first kappa shape index (κ1) is 35.3. The molecule has 45 heavy (non-hydrogen) atoms. The number of nitrogens with zero attached hydrogens (tertiary/aromatic N) is 5. The second-order valence-corrected chi connectivity index (χ2v) is 11.9. The predicted molar refractivity (Wildman–Crippen MR) is 176 cm³/mol. The van der Waals surface area contributed by atoms with E-state index in [9.17, 15) is 14.4 Å². The van der Waals surface area contributed by atoms with Gasteiger partial charge < -0.3 is 27.0 Å². The van der Waals surface area contributed by atoms with Crippen molar-refractivity contribution in [1.82, 2.24) is 30.3 Å². The molecule has 2 atom stereocenters. The molecule has 0 saturated carbocycles. The van der Waals surface area contributed by atoms with Crippen molar-refractivity contribution in [2.75, 3.05) is 13.1 Å². The fourth-order valence-corrected chi connectivity index (χ4v) is 5.24. The van der Waals surface area contributed by atoms with Crippen molar-refractivity contribution in [2.45, 2.75) is 65.6 Å². The molecule has 1 heterocycles. The molecule has 6 N–H and O–H groups in total. The van der Waals surface area contributed by atoms with Crippen LogP contribution in [0.4, 0.5) is 0 Å². The van der Waals surface area contributed by atoms with Gasteiger partial charge in [0.25, 0.3) is 5.91 Å². The highest BCUT2D eigenvalue weighted by Crippen LogP contribution is 2.22. The van der Waals surface area contributed by atoms with E-state index < -0.39 is 23.9 Å². The monoisotopic (exact) mass is 657 g/mol. The summed E-state index contributed by atoms with van der Waals surface area (Å²) in [7, 11) is 0. The van der Waals surface area contributed by atoms with Crippen LogP contribution in [0.15, 0.2) is 53.5 Å². The Bertz CT molecular complexity index is 1470. The summed E-state index contributed by atoms with van der Waals surface area (Å²) in [6.07, 6.45) is 0.996. The van der Waals surface area contributed by atoms with Gasteiger partial charge in [-0.2, -0.15) is 0 Å². The molecule has 0 saturated heterocycles. The number of benzene rings is 2. The Kier molecular flexibility index (Phi) is 13.2. The van der Waals surface area contributed by atoms with Crippen LogP contribution in [0.1, 0.15) is 62.0 Å². The van der Waals surface area contributed by atoms with E-state index >= 15 is 0 Å². The summed E-state index contributed by atoms with van der Waals surface area (Å²) < 4.78 is 1.43. The van der Waals surface area contributed by atoms with Crippen LogP contribution in [-0.4, -0.2) is 68.5 Å². The Morgan fingerprint density at radius 3 is 2.29 bits per heavy atom. The third-order valence-corrected chi connectivity index (χ3v) is 7.30. The zero-order chi connectivity index (χ0) is 33.1. The van der Waals surface area contributed by atoms with Gasteiger partial charge in [0.1, 0.15) is 17.9 Å². The molecule has 0 bridgehead atoms. The molecule has 12 nitrogen and oxygen atoms in total. The maximum absolute atomic E-state index is 13.7. The molecule has 2 aromatic carbocycles. The highest BCUT2D eigenvalue weighted by atomic mass is 35.5. The van der Waals surface area contributed by atoms with Gasteiger partial charge in [-0.15, -0.1) is 5.10 Å². The highest BCUT2D eigenvalue weighted by Gasteiger charge is 2.30. The lowest BCUT2D eigenvalue weighted by atomic mass is 10.0. The number of hydrogen-bond acceptors (Lipinski definition) is 6. The Morgan fingerprint density at radius 2 is 1.69 bits per heavy atom. The van der Waals surface area contributed by atoms with Crippen molar-refractivity contribution < 1.29 is 14.4 Å². The van der Waals surface area contributed by atoms with E-state index in [-0.39, 0.29) is 36.6 Å². The maximum Gasteiger partial charge on any atom is 0.291 e. The lowest BCUT2D eigenvalue weighted by Crippen LogP contribution is -2.54. The number of aryl methyl sites for hydroxylation is 1. The first-order chi connectivity index (χ1) is 21.4. The summed E-state index contributed by atoms with van der Waals surface area (Å²) in [6.45, 7) is 8.64. The minimum atomic E-state index is -1.02. The number of aliphatic imine (C=N–C) groups is 1. The quantitative estimate of drug-likeness (QED) is 0.110. The van der Waals surface area contributed by atoms with Crippen molar-refractivity contribution in [2.24, 2.45) is 22.4 Å². The van der Waals surface area contributed by atoms with E-state index in [1.54, 1.807) is 30.0 Å². The molecule has 0 aliphatic carbocycles. The van der Waals surface area contributed by atoms with Crippen LogP contribution < -0.4 is 22.1 Å². The summed E-state index contributed by atoms with van der Waals surface area (Å²) >= 11 is 12.3. The second-order valence-electron chi connectivity index (χ2n) is 11.0. The summed E-state index contributed by atoms with van der Waals surface area (Å²) in [5, 5.41) is 10.8. The normalized spacial score (nSPS) is 12.3. The van der Waals surface area contributed by atoms with Crippen molar-refractivity contribution in [3.8, 4) is 5.69 Å². The van der Waals surface area contributed by atoms with Crippen LogP contribution in [0.25, 0.3) is 5.69 Å². The average Bonchev–Trinajstić information content (AvgIpc) is 3.38. The van der Waals surface area contributed by atoms with E-state index in [0.29, 0.717) is 47.5 Å². The number of guanidine groups is 1. The van der Waals surface area contributed by atoms with Crippen LogP contribution in [-0.2, 0) is 16.1 Å². The largest absolute Gasteiger partial charge is 0.370 e. The predicted octanol–water partition coefficient (Wildman–Crippen LogP) is 3.61. The van der Waals surface area contributed by atoms with Crippen LogP contribution in [0.5, 0.6) is 0 Å². The number of aromatic nitrogens is 3. The van der Waals surface area contributed by atoms with Gasteiger partial charge in [0, 0.05) is 29.7 Å². The molecule has 14 heteroatoms. The fraction of sp³-hybridized carbons (Fsp3) is 0.419. The molecule has 3 rings (SSSR count). The van der Waals surface area contributed by atoms with Crippen molar-refractivity contribution in [3.63, 3.8) is 0 Å². The second kappa shape index (κ2) is 16.8. The lowest BCUT2D eigenvalue weighted by Gasteiger charge is -2.29. The van der Waals surface area contributed by atoms with Gasteiger partial charge in [0.05, 0.1) is 5.69 Å². The Hall–Kier alpha value is -4.16. The molecule has 242 valence electrons. The number of nitrogens with one attached hydrogen (secondary N) is 2. The summed E-state index contributed by atoms with van der Waals surface area (Å²) in [4.78, 5) is 50.8. The summed E-state index contributed by atoms with van der Waals surface area (Å²) in [5.74, 6) is -1.09. The third kappa shape index (κ3) is 10.8. The first-order valence-corrected chi connectivity index (χ1v) is 15.5. The molecule has 0 aliphatic heterocycles. The van der Waals surface area contributed by atoms with Crippen LogP contribution in [0.3, 0.4) is 0 Å². The number of amides is 3. The number of likely N-dealkylation sites (N-methyl/N-ethyl adjacent to an activating group) is 1. The van der Waals surface area contributed by atoms with Gasteiger partial charge in [-0.1, -0.05) is 67.4 Å². The molecule has 0 radical (unpaired) electrons. The number of carbonyl (C=O) groups is 3. The van der Waals surface area contributed by atoms with Crippen LogP contribution >= 0.6 is 23.2 Å². The average molecular weight is 659 g/mol. The molecule has 0 unspecified atom stereocenters. The van der Waals surface area contributed by atoms with Gasteiger partial charge >= 0.3 is 0 Å². The standard InChI is InChI=1S/C31H41Cl2N9O3/c1-5-41(18-21-10-7-6-8-11-21)30(45)26(14-19(2)3)39-28(43)25(12-9-13-36-31(34)35)38-29(44)27-37-20(4)42(40-27)24-16-22(32)15-23(33)17-24/h6-8,10-11,15-17,19,25-26H,5,9,12-14,18H2,1-4H3,(H,38,44)(H,39,43)(H4,34,35,36)/t25-,26-/m0/s1. The molecule has 0 aliphatic rings. The van der Waals surface area contributed by atoms with Gasteiger partial charge in [-0.25, -0.2) is 9.67 Å². The van der Waals surface area contributed by atoms with Gasteiger partial charge in [-0.05, 0) is 62.8 Å². The maximum atomic E-state index is 13.7. The number of halogens is 2. The molecule has 1 aromatic heterocycles. The number of hydrogen-bond donors (Lipinski definition) is 4. The SMILES string of the molecule is CCN(Cc1ccccc1)C(=O)[C@H](CC(C)C)NC(=O)[C@H](CCCN=C(N)N)NC(=O)c1nc(C)n(-c2cc(Cl)cc(Cl)c2)n1. The van der Waals surface area contributed by atoms with Gasteiger partial charge in [0.15, 0.2) is 5.96 Å².